The van der Waals surface area contributed by atoms with Crippen LogP contribution in [-0.4, -0.2) is 31.3 Å². The molecule has 0 amide bonds. The molecule has 0 atom stereocenters. The predicted molar refractivity (Wildman–Crippen MR) is 26.6 cm³/mol. The van der Waals surface area contributed by atoms with Gasteiger partial charge in [-0.25, -0.2) is 4.68 Å². The molecule has 0 aliphatic carbocycles. The van der Waals surface area contributed by atoms with Crippen LogP contribution in [0.4, 0.5) is 0 Å². The summed E-state index contributed by atoms with van der Waals surface area (Å²) in [4.78, 5) is 9.95. The molecule has 50 valence electrons. The minimum Gasteiger partial charge on any atom is -1.00 e. The Morgan fingerprint density at radius 3 is 2.90 bits per heavy atom. The predicted octanol–water partition coefficient (Wildman–Crippen LogP) is -4.13. The Hall–Kier alpha value is -0.863. The van der Waals surface area contributed by atoms with Gasteiger partial charge in [0, 0.05) is 0 Å². The van der Waals surface area contributed by atoms with Crippen molar-refractivity contribution in [3.8, 4) is 0 Å². The molecule has 0 aromatic carbocycles. The molecule has 0 bridgehead atoms. The van der Waals surface area contributed by atoms with Gasteiger partial charge in [-0.1, -0.05) is 0 Å². The number of aromatic nitrogens is 4. The zero-order chi connectivity index (χ0) is 6.69. The Morgan fingerprint density at radius 2 is 2.50 bits per heavy atom. The Labute approximate surface area is 69.9 Å². The van der Waals surface area contributed by atoms with Crippen molar-refractivity contribution in [2.24, 2.45) is 0 Å². The van der Waals surface area contributed by atoms with Crippen LogP contribution >= 0.6 is 0 Å². The fourth-order valence-electron chi connectivity index (χ4n) is 0.391. The van der Waals surface area contributed by atoms with Crippen LogP contribution in [0.25, 0.3) is 0 Å². The third kappa shape index (κ3) is 2.62. The second-order valence-electron chi connectivity index (χ2n) is 1.40. The van der Waals surface area contributed by atoms with Crippen molar-refractivity contribution in [3.63, 3.8) is 0 Å². The van der Waals surface area contributed by atoms with Crippen LogP contribution < -0.4 is 18.9 Å². The summed E-state index contributed by atoms with van der Waals surface area (Å²) >= 11 is 0. The summed E-state index contributed by atoms with van der Waals surface area (Å²) in [5.41, 5.74) is 0. The molecule has 0 fully saturated rings. The van der Waals surface area contributed by atoms with Gasteiger partial charge in [-0.05, 0) is 10.4 Å². The number of nitrogens with zero attached hydrogens (tertiary/aromatic N) is 4. The molecule has 0 radical (unpaired) electrons. The summed E-state index contributed by atoms with van der Waals surface area (Å²) in [7, 11) is 0. The van der Waals surface area contributed by atoms with E-state index in [0.29, 0.717) is 0 Å². The van der Waals surface area contributed by atoms with Crippen LogP contribution in [0.1, 0.15) is 1.43 Å². The summed E-state index contributed by atoms with van der Waals surface area (Å²) in [6.07, 6.45) is 1.24. The number of rotatable bonds is 2. The Bertz CT molecular complexity index is 203. The first-order chi connectivity index (χ1) is 4.29. The minimum atomic E-state index is -0.956. The van der Waals surface area contributed by atoms with Crippen LogP contribution in [0.2, 0.25) is 0 Å². The number of hydrogen-bond donors (Lipinski definition) is 1. The van der Waals surface area contributed by atoms with Crippen molar-refractivity contribution >= 4 is 5.97 Å². The van der Waals surface area contributed by atoms with E-state index in [0.717, 1.165) is 4.68 Å². The Morgan fingerprint density at radius 1 is 1.80 bits per heavy atom. The number of carboxylic acids is 1. The number of hydrogen-bond acceptors (Lipinski definition) is 4. The van der Waals surface area contributed by atoms with Crippen molar-refractivity contribution in [3.05, 3.63) is 6.33 Å². The molecule has 1 aromatic heterocycles. The number of carbonyl (C=O) groups is 1. The van der Waals surface area contributed by atoms with Crippen LogP contribution in [0, 0.1) is 0 Å². The minimum absolute atomic E-state index is 0. The van der Waals surface area contributed by atoms with Crippen LogP contribution in [0.15, 0.2) is 6.33 Å². The maximum atomic E-state index is 9.95. The van der Waals surface area contributed by atoms with Gasteiger partial charge in [0.25, 0.3) is 0 Å². The molecule has 0 aliphatic rings. The summed E-state index contributed by atoms with van der Waals surface area (Å²) in [5, 5.41) is 18.0. The molecule has 0 unspecified atom stereocenters. The summed E-state index contributed by atoms with van der Waals surface area (Å²) in [6.45, 7) is -0.188. The zero-order valence-electron chi connectivity index (χ0n) is 6.43. The van der Waals surface area contributed by atoms with Gasteiger partial charge < -0.3 is 6.53 Å². The first kappa shape index (κ1) is 9.14. The molecular weight excluding hydrogens is 131 g/mol. The van der Waals surface area contributed by atoms with Gasteiger partial charge in [-0.15, -0.1) is 5.10 Å². The SMILES string of the molecule is O=C(O)Cn1cnnn1.[H-].[Li+]. The van der Waals surface area contributed by atoms with Crippen molar-refractivity contribution in [1.82, 2.24) is 20.2 Å². The average Bonchev–Trinajstić information content (AvgIpc) is 2.15. The van der Waals surface area contributed by atoms with Crippen LogP contribution in [0.5, 0.6) is 0 Å². The molecule has 0 saturated carbocycles. The first-order valence-corrected chi connectivity index (χ1v) is 2.21. The van der Waals surface area contributed by atoms with E-state index in [1.54, 1.807) is 0 Å². The van der Waals surface area contributed by atoms with Crippen molar-refractivity contribution in [1.29, 1.82) is 0 Å². The van der Waals surface area contributed by atoms with Gasteiger partial charge in [0.05, 0.1) is 0 Å². The normalized spacial score (nSPS) is 8.40. The topological polar surface area (TPSA) is 80.9 Å². The third-order valence-electron chi connectivity index (χ3n) is 0.689. The molecule has 0 saturated heterocycles. The van der Waals surface area contributed by atoms with E-state index in [2.05, 4.69) is 15.5 Å². The largest absolute Gasteiger partial charge is 1.00 e. The second kappa shape index (κ2) is 4.03. The molecule has 1 rings (SSSR count). The maximum Gasteiger partial charge on any atom is 1.00 e. The van der Waals surface area contributed by atoms with Crippen molar-refractivity contribution < 1.29 is 30.2 Å². The maximum absolute atomic E-state index is 9.95. The van der Waals surface area contributed by atoms with E-state index < -0.39 is 5.97 Å². The standard InChI is InChI=1S/C3H4N4O2.Li.H/c8-3(9)1-7-2-4-5-6-7;;/h2H,1H2,(H,8,9);;/q;+1;-1. The van der Waals surface area contributed by atoms with E-state index in [-0.39, 0.29) is 26.8 Å². The molecule has 1 N–H and O–H groups in total. The quantitative estimate of drug-likeness (QED) is 0.417. The van der Waals surface area contributed by atoms with Crippen molar-refractivity contribution in [2.75, 3.05) is 0 Å². The van der Waals surface area contributed by atoms with Crippen LogP contribution in [-0.2, 0) is 11.3 Å². The molecule has 0 spiro atoms. The fourth-order valence-corrected chi connectivity index (χ4v) is 0.391. The van der Waals surface area contributed by atoms with Gasteiger partial charge in [0.15, 0.2) is 0 Å². The fraction of sp³-hybridized carbons (Fsp3) is 0.333. The van der Waals surface area contributed by atoms with Gasteiger partial charge >= 0.3 is 24.8 Å². The van der Waals surface area contributed by atoms with Crippen molar-refractivity contribution in [2.45, 2.75) is 6.54 Å². The Balaban J connectivity index is 0. The molecule has 1 heterocycles. The molecule has 6 nitrogen and oxygen atoms in total. The molecular formula is C3H5LiN4O2. The number of aliphatic carboxylic acids is 1. The van der Waals surface area contributed by atoms with E-state index in [1.165, 1.54) is 6.33 Å². The molecule has 1 aromatic rings. The summed E-state index contributed by atoms with van der Waals surface area (Å²) in [6, 6.07) is 0. The monoisotopic (exact) mass is 136 g/mol. The van der Waals surface area contributed by atoms with Gasteiger partial charge in [0.2, 0.25) is 0 Å². The average molecular weight is 136 g/mol. The zero-order valence-corrected chi connectivity index (χ0v) is 5.43. The smallest absolute Gasteiger partial charge is 1.00 e. The number of carboxylic acid groups (broad SMARTS) is 1. The number of tetrazole rings is 1. The molecule has 7 heteroatoms. The molecule has 0 aliphatic heterocycles. The van der Waals surface area contributed by atoms with Gasteiger partial charge in [-0.3, -0.25) is 4.79 Å². The Kier molecular flexibility index (Phi) is 3.69. The molecule has 10 heavy (non-hydrogen) atoms. The summed E-state index contributed by atoms with van der Waals surface area (Å²) < 4.78 is 1.13. The summed E-state index contributed by atoms with van der Waals surface area (Å²) in [5.74, 6) is -0.956. The third-order valence-corrected chi connectivity index (χ3v) is 0.689. The second-order valence-corrected chi connectivity index (χ2v) is 1.40. The van der Waals surface area contributed by atoms with Gasteiger partial charge in [-0.2, -0.15) is 0 Å². The van der Waals surface area contributed by atoms with Gasteiger partial charge in [0.1, 0.15) is 12.9 Å². The van der Waals surface area contributed by atoms with Crippen LogP contribution in [0.3, 0.4) is 0 Å². The van der Waals surface area contributed by atoms with E-state index >= 15 is 0 Å². The van der Waals surface area contributed by atoms with E-state index in [1.807, 2.05) is 0 Å². The first-order valence-electron chi connectivity index (χ1n) is 2.21. The van der Waals surface area contributed by atoms with E-state index in [4.69, 9.17) is 5.11 Å². The van der Waals surface area contributed by atoms with E-state index in [9.17, 15) is 4.79 Å².